The van der Waals surface area contributed by atoms with E-state index in [0.29, 0.717) is 5.92 Å². The highest BCUT2D eigenvalue weighted by Crippen LogP contribution is 2.35. The van der Waals surface area contributed by atoms with Crippen molar-refractivity contribution < 1.29 is 14.2 Å². The second kappa shape index (κ2) is 8.37. The van der Waals surface area contributed by atoms with Crippen molar-refractivity contribution in [3.63, 3.8) is 0 Å². The van der Waals surface area contributed by atoms with Crippen molar-refractivity contribution in [2.45, 2.75) is 32.5 Å². The van der Waals surface area contributed by atoms with Crippen molar-refractivity contribution >= 4 is 0 Å². The summed E-state index contributed by atoms with van der Waals surface area (Å²) < 4.78 is 16.8. The van der Waals surface area contributed by atoms with Crippen LogP contribution in [0.4, 0.5) is 0 Å². The lowest BCUT2D eigenvalue weighted by atomic mass is 9.95. The summed E-state index contributed by atoms with van der Waals surface area (Å²) in [4.78, 5) is 0. The Morgan fingerprint density at radius 2 is 2.24 bits per heavy atom. The summed E-state index contributed by atoms with van der Waals surface area (Å²) in [5, 5.41) is 3.44. The molecule has 1 aliphatic heterocycles. The molecule has 1 saturated heterocycles. The second-order valence-corrected chi connectivity index (χ2v) is 5.78. The number of nitrogens with one attached hydrogen (secondary N) is 1. The molecule has 2 atom stereocenters. The topological polar surface area (TPSA) is 39.7 Å². The fraction of sp³-hybridized carbons (Fsp3) is 0.647. The summed E-state index contributed by atoms with van der Waals surface area (Å²) in [5.41, 5.74) is 1.21. The summed E-state index contributed by atoms with van der Waals surface area (Å²) in [6.45, 7) is 7.51. The maximum Gasteiger partial charge on any atom is 0.120 e. The van der Waals surface area contributed by atoms with Gasteiger partial charge in [-0.05, 0) is 38.0 Å². The number of methoxy groups -OCH3 is 1. The molecule has 1 aromatic carbocycles. The van der Waals surface area contributed by atoms with Gasteiger partial charge in [-0.1, -0.05) is 12.1 Å². The SMILES string of the molecule is COCCNCC1CCOC1c1cccc(OC(C)C)c1. The van der Waals surface area contributed by atoms with Gasteiger partial charge in [0.2, 0.25) is 0 Å². The fourth-order valence-corrected chi connectivity index (χ4v) is 2.71. The van der Waals surface area contributed by atoms with Crippen LogP contribution in [0, 0.1) is 5.92 Å². The summed E-state index contributed by atoms with van der Waals surface area (Å²) in [6, 6.07) is 8.29. The van der Waals surface area contributed by atoms with E-state index in [9.17, 15) is 0 Å². The van der Waals surface area contributed by atoms with Gasteiger partial charge in [-0.2, -0.15) is 0 Å². The Morgan fingerprint density at radius 1 is 1.38 bits per heavy atom. The lowest BCUT2D eigenvalue weighted by Gasteiger charge is -2.20. The van der Waals surface area contributed by atoms with E-state index in [1.54, 1.807) is 7.11 Å². The lowest BCUT2D eigenvalue weighted by molar-refractivity contribution is 0.0895. The molecule has 1 aromatic rings. The van der Waals surface area contributed by atoms with Crippen LogP contribution in [0.15, 0.2) is 24.3 Å². The zero-order valence-electron chi connectivity index (χ0n) is 13.3. The van der Waals surface area contributed by atoms with Crippen LogP contribution in [0.25, 0.3) is 0 Å². The van der Waals surface area contributed by atoms with E-state index >= 15 is 0 Å². The summed E-state index contributed by atoms with van der Waals surface area (Å²) >= 11 is 0. The highest BCUT2D eigenvalue weighted by atomic mass is 16.5. The Hall–Kier alpha value is -1.10. The van der Waals surface area contributed by atoms with Crippen molar-refractivity contribution in [2.24, 2.45) is 5.92 Å². The predicted octanol–water partition coefficient (Wildman–Crippen LogP) is 2.79. The van der Waals surface area contributed by atoms with Crippen LogP contribution in [0.5, 0.6) is 5.75 Å². The molecule has 118 valence electrons. The average molecular weight is 293 g/mol. The molecule has 1 fully saturated rings. The normalized spacial score (nSPS) is 21.9. The van der Waals surface area contributed by atoms with Crippen molar-refractivity contribution in [3.8, 4) is 5.75 Å². The number of benzene rings is 1. The van der Waals surface area contributed by atoms with E-state index in [0.717, 1.165) is 38.5 Å². The summed E-state index contributed by atoms with van der Waals surface area (Å²) in [5.74, 6) is 1.43. The molecule has 21 heavy (non-hydrogen) atoms. The third kappa shape index (κ3) is 4.99. The Bertz CT molecular complexity index is 422. The average Bonchev–Trinajstić information content (AvgIpc) is 2.91. The fourth-order valence-electron chi connectivity index (χ4n) is 2.71. The van der Waals surface area contributed by atoms with Crippen LogP contribution in [-0.2, 0) is 9.47 Å². The van der Waals surface area contributed by atoms with Crippen molar-refractivity contribution in [1.29, 1.82) is 0 Å². The van der Waals surface area contributed by atoms with Gasteiger partial charge >= 0.3 is 0 Å². The van der Waals surface area contributed by atoms with Crippen LogP contribution >= 0.6 is 0 Å². The molecule has 4 nitrogen and oxygen atoms in total. The van der Waals surface area contributed by atoms with Crippen LogP contribution < -0.4 is 10.1 Å². The van der Waals surface area contributed by atoms with Crippen molar-refractivity contribution in [1.82, 2.24) is 5.32 Å². The van der Waals surface area contributed by atoms with E-state index in [2.05, 4.69) is 17.4 Å². The maximum atomic E-state index is 5.94. The molecule has 0 aliphatic carbocycles. The molecule has 1 aliphatic rings. The molecule has 0 amide bonds. The van der Waals surface area contributed by atoms with Crippen LogP contribution in [0.2, 0.25) is 0 Å². The largest absolute Gasteiger partial charge is 0.491 e. The molecule has 0 radical (unpaired) electrons. The number of hydrogen-bond donors (Lipinski definition) is 1. The molecule has 2 unspecified atom stereocenters. The van der Waals surface area contributed by atoms with E-state index < -0.39 is 0 Å². The molecule has 4 heteroatoms. The summed E-state index contributed by atoms with van der Waals surface area (Å²) in [6.07, 6.45) is 1.45. The first-order valence-electron chi connectivity index (χ1n) is 7.78. The second-order valence-electron chi connectivity index (χ2n) is 5.78. The van der Waals surface area contributed by atoms with Gasteiger partial charge < -0.3 is 19.5 Å². The lowest BCUT2D eigenvalue weighted by Crippen LogP contribution is -2.27. The van der Waals surface area contributed by atoms with Gasteiger partial charge in [-0.25, -0.2) is 0 Å². The maximum absolute atomic E-state index is 5.94. The first-order chi connectivity index (χ1) is 10.2. The van der Waals surface area contributed by atoms with Gasteiger partial charge in [0.25, 0.3) is 0 Å². The van der Waals surface area contributed by atoms with Gasteiger partial charge in [-0.3, -0.25) is 0 Å². The highest BCUT2D eigenvalue weighted by molar-refractivity contribution is 5.31. The van der Waals surface area contributed by atoms with Gasteiger partial charge in [-0.15, -0.1) is 0 Å². The molecule has 2 rings (SSSR count). The first kappa shape index (κ1) is 16.3. The third-order valence-corrected chi connectivity index (χ3v) is 3.66. The van der Waals surface area contributed by atoms with Crippen LogP contribution in [0.1, 0.15) is 31.9 Å². The molecule has 0 aromatic heterocycles. The van der Waals surface area contributed by atoms with Crippen molar-refractivity contribution in [2.75, 3.05) is 33.4 Å². The number of ether oxygens (including phenoxy) is 3. The zero-order chi connectivity index (χ0) is 15.1. The highest BCUT2D eigenvalue weighted by Gasteiger charge is 2.29. The minimum atomic E-state index is 0.163. The summed E-state index contributed by atoms with van der Waals surface area (Å²) in [7, 11) is 1.73. The Labute approximate surface area is 127 Å². The van der Waals surface area contributed by atoms with Gasteiger partial charge in [0.15, 0.2) is 0 Å². The van der Waals surface area contributed by atoms with E-state index in [1.807, 2.05) is 26.0 Å². The van der Waals surface area contributed by atoms with Crippen LogP contribution in [-0.4, -0.2) is 39.5 Å². The third-order valence-electron chi connectivity index (χ3n) is 3.66. The van der Waals surface area contributed by atoms with Crippen LogP contribution in [0.3, 0.4) is 0 Å². The monoisotopic (exact) mass is 293 g/mol. The smallest absolute Gasteiger partial charge is 0.120 e. The van der Waals surface area contributed by atoms with E-state index in [-0.39, 0.29) is 12.2 Å². The molecule has 0 spiro atoms. The first-order valence-corrected chi connectivity index (χ1v) is 7.78. The number of hydrogen-bond acceptors (Lipinski definition) is 4. The Kier molecular flexibility index (Phi) is 6.49. The van der Waals surface area contributed by atoms with Gasteiger partial charge in [0.1, 0.15) is 5.75 Å². The van der Waals surface area contributed by atoms with Gasteiger partial charge in [0, 0.05) is 32.7 Å². The Morgan fingerprint density at radius 3 is 3.00 bits per heavy atom. The number of rotatable bonds is 8. The molecular weight excluding hydrogens is 266 g/mol. The molecule has 1 N–H and O–H groups in total. The minimum Gasteiger partial charge on any atom is -0.491 e. The van der Waals surface area contributed by atoms with E-state index in [4.69, 9.17) is 14.2 Å². The molecular formula is C17H27NO3. The molecule has 0 saturated carbocycles. The Balaban J connectivity index is 1.95. The quantitative estimate of drug-likeness (QED) is 0.748. The van der Waals surface area contributed by atoms with Gasteiger partial charge in [0.05, 0.1) is 18.8 Å². The minimum absolute atomic E-state index is 0.163. The zero-order valence-corrected chi connectivity index (χ0v) is 13.3. The van der Waals surface area contributed by atoms with E-state index in [1.165, 1.54) is 5.56 Å². The van der Waals surface area contributed by atoms with Crippen molar-refractivity contribution in [3.05, 3.63) is 29.8 Å². The molecule has 1 heterocycles. The molecule has 0 bridgehead atoms. The predicted molar refractivity (Wildman–Crippen MR) is 83.8 cm³/mol. The standard InChI is InChI=1S/C17H27NO3/c1-13(2)21-16-6-4-5-14(11-16)17-15(7-9-20-17)12-18-8-10-19-3/h4-6,11,13,15,17-18H,7-10,12H2,1-3H3.